The van der Waals surface area contributed by atoms with Gasteiger partial charge in [-0.2, -0.15) is 0 Å². The maximum absolute atomic E-state index is 11.0. The molecule has 0 saturated carbocycles. The SMILES string of the molecule is COC(=O)Nc1ccc(N2CCC(C)CC2)cn1. The zero-order valence-corrected chi connectivity index (χ0v) is 10.8. The standard InChI is InChI=1S/C13H19N3O2/c1-10-5-7-16(8-6-10)11-3-4-12(14-9-11)15-13(17)18-2/h3-4,9-10H,5-8H2,1-2H3,(H,14,15,17). The van der Waals surface area contributed by atoms with Gasteiger partial charge in [-0.25, -0.2) is 9.78 Å². The predicted molar refractivity (Wildman–Crippen MR) is 70.9 cm³/mol. The van der Waals surface area contributed by atoms with E-state index in [0.29, 0.717) is 5.82 Å². The number of carbonyl (C=O) groups is 1. The summed E-state index contributed by atoms with van der Waals surface area (Å²) in [6.07, 6.45) is 3.74. The Bertz CT molecular complexity index is 397. The molecule has 0 unspecified atom stereocenters. The van der Waals surface area contributed by atoms with E-state index in [2.05, 4.69) is 26.9 Å². The van der Waals surface area contributed by atoms with Gasteiger partial charge in [-0.3, -0.25) is 5.32 Å². The molecule has 18 heavy (non-hydrogen) atoms. The Morgan fingerprint density at radius 3 is 2.72 bits per heavy atom. The molecule has 1 fully saturated rings. The van der Waals surface area contributed by atoms with Crippen LogP contribution in [0.2, 0.25) is 0 Å². The highest BCUT2D eigenvalue weighted by molar-refractivity contribution is 5.83. The summed E-state index contributed by atoms with van der Waals surface area (Å²) in [5, 5.41) is 2.54. The van der Waals surface area contributed by atoms with E-state index in [1.54, 1.807) is 12.3 Å². The van der Waals surface area contributed by atoms with Crippen molar-refractivity contribution in [2.45, 2.75) is 19.8 Å². The Labute approximate surface area is 107 Å². The van der Waals surface area contributed by atoms with E-state index in [4.69, 9.17) is 0 Å². The first-order valence-corrected chi connectivity index (χ1v) is 6.25. The highest BCUT2D eigenvalue weighted by Gasteiger charge is 2.16. The first-order valence-electron chi connectivity index (χ1n) is 6.25. The Kier molecular flexibility index (Phi) is 4.02. The van der Waals surface area contributed by atoms with Crippen LogP contribution in [0.3, 0.4) is 0 Å². The lowest BCUT2D eigenvalue weighted by Crippen LogP contribution is -2.32. The summed E-state index contributed by atoms with van der Waals surface area (Å²) in [6.45, 7) is 4.44. The predicted octanol–water partition coefficient (Wildman–Crippen LogP) is 2.50. The Hall–Kier alpha value is -1.78. The Morgan fingerprint density at radius 1 is 1.44 bits per heavy atom. The molecule has 0 bridgehead atoms. The van der Waals surface area contributed by atoms with Gasteiger partial charge in [-0.1, -0.05) is 6.92 Å². The number of amides is 1. The normalized spacial score (nSPS) is 16.4. The van der Waals surface area contributed by atoms with Gasteiger partial charge in [0, 0.05) is 13.1 Å². The first-order chi connectivity index (χ1) is 8.69. The lowest BCUT2D eigenvalue weighted by atomic mass is 9.99. The fourth-order valence-electron chi connectivity index (χ4n) is 2.07. The van der Waals surface area contributed by atoms with Gasteiger partial charge in [0.25, 0.3) is 0 Å². The van der Waals surface area contributed by atoms with Crippen LogP contribution in [0.25, 0.3) is 0 Å². The van der Waals surface area contributed by atoms with Gasteiger partial charge in [-0.15, -0.1) is 0 Å². The minimum Gasteiger partial charge on any atom is -0.453 e. The van der Waals surface area contributed by atoms with Crippen molar-refractivity contribution in [3.8, 4) is 0 Å². The summed E-state index contributed by atoms with van der Waals surface area (Å²) >= 11 is 0. The number of carbonyl (C=O) groups excluding carboxylic acids is 1. The van der Waals surface area contributed by atoms with Crippen LogP contribution in [-0.2, 0) is 4.74 Å². The number of nitrogens with one attached hydrogen (secondary N) is 1. The van der Waals surface area contributed by atoms with Gasteiger partial charge in [0.05, 0.1) is 19.0 Å². The lowest BCUT2D eigenvalue weighted by molar-refractivity contribution is 0.187. The van der Waals surface area contributed by atoms with E-state index in [1.807, 2.05) is 6.07 Å². The van der Waals surface area contributed by atoms with Crippen LogP contribution in [0.15, 0.2) is 18.3 Å². The van der Waals surface area contributed by atoms with Gasteiger partial charge in [0.15, 0.2) is 0 Å². The molecule has 1 amide bonds. The maximum Gasteiger partial charge on any atom is 0.412 e. The molecule has 1 aliphatic heterocycles. The number of hydrogen-bond donors (Lipinski definition) is 1. The van der Waals surface area contributed by atoms with Crippen LogP contribution < -0.4 is 10.2 Å². The smallest absolute Gasteiger partial charge is 0.412 e. The van der Waals surface area contributed by atoms with Crippen LogP contribution in [0.1, 0.15) is 19.8 Å². The number of aromatic nitrogens is 1. The number of ether oxygens (including phenoxy) is 1. The van der Waals surface area contributed by atoms with Gasteiger partial charge in [0.2, 0.25) is 0 Å². The summed E-state index contributed by atoms with van der Waals surface area (Å²) in [7, 11) is 1.33. The number of rotatable bonds is 2. The van der Waals surface area contributed by atoms with E-state index >= 15 is 0 Å². The van der Waals surface area contributed by atoms with Gasteiger partial charge >= 0.3 is 6.09 Å². The van der Waals surface area contributed by atoms with Crippen LogP contribution in [0.5, 0.6) is 0 Å². The molecule has 1 saturated heterocycles. The second kappa shape index (κ2) is 5.71. The van der Waals surface area contributed by atoms with Crippen LogP contribution in [-0.4, -0.2) is 31.3 Å². The molecule has 1 aliphatic rings. The monoisotopic (exact) mass is 249 g/mol. The number of nitrogens with zero attached hydrogens (tertiary/aromatic N) is 2. The number of piperidine rings is 1. The molecular formula is C13H19N3O2. The largest absolute Gasteiger partial charge is 0.453 e. The molecule has 0 aliphatic carbocycles. The number of pyridine rings is 1. The first kappa shape index (κ1) is 12.7. The zero-order valence-electron chi connectivity index (χ0n) is 10.8. The Balaban J connectivity index is 1.97. The zero-order chi connectivity index (χ0) is 13.0. The second-order valence-electron chi connectivity index (χ2n) is 4.69. The fourth-order valence-corrected chi connectivity index (χ4v) is 2.07. The van der Waals surface area contributed by atoms with Crippen LogP contribution in [0, 0.1) is 5.92 Å². The molecule has 1 aromatic rings. The van der Waals surface area contributed by atoms with Gasteiger partial charge in [-0.05, 0) is 30.9 Å². The van der Waals surface area contributed by atoms with E-state index in [-0.39, 0.29) is 0 Å². The summed E-state index contributed by atoms with van der Waals surface area (Å²) in [4.78, 5) is 17.6. The van der Waals surface area contributed by atoms with Gasteiger partial charge in [0.1, 0.15) is 5.82 Å². The van der Waals surface area contributed by atoms with E-state index in [9.17, 15) is 4.79 Å². The third-order valence-electron chi connectivity index (χ3n) is 3.31. The van der Waals surface area contributed by atoms with E-state index in [1.165, 1.54) is 20.0 Å². The summed E-state index contributed by atoms with van der Waals surface area (Å²) in [5.41, 5.74) is 1.11. The molecule has 0 radical (unpaired) electrons. The number of anilines is 2. The molecule has 0 atom stereocenters. The van der Waals surface area contributed by atoms with Crippen LogP contribution in [0.4, 0.5) is 16.3 Å². The molecular weight excluding hydrogens is 230 g/mol. The lowest BCUT2D eigenvalue weighted by Gasteiger charge is -2.31. The average molecular weight is 249 g/mol. The minimum absolute atomic E-state index is 0.498. The third-order valence-corrected chi connectivity index (χ3v) is 3.31. The molecule has 98 valence electrons. The van der Waals surface area contributed by atoms with Crippen molar-refractivity contribution < 1.29 is 9.53 Å². The fraction of sp³-hybridized carbons (Fsp3) is 0.538. The van der Waals surface area contributed by atoms with Crippen molar-refractivity contribution >= 4 is 17.6 Å². The summed E-state index contributed by atoms with van der Waals surface area (Å²) in [5.74, 6) is 1.32. The molecule has 1 aromatic heterocycles. The number of methoxy groups -OCH3 is 1. The summed E-state index contributed by atoms with van der Waals surface area (Å²) in [6, 6.07) is 3.78. The van der Waals surface area contributed by atoms with Crippen molar-refractivity contribution in [3.05, 3.63) is 18.3 Å². The Morgan fingerprint density at radius 2 is 2.17 bits per heavy atom. The van der Waals surface area contributed by atoms with Crippen molar-refractivity contribution in [1.82, 2.24) is 4.98 Å². The third kappa shape index (κ3) is 3.12. The van der Waals surface area contributed by atoms with Crippen molar-refractivity contribution in [3.63, 3.8) is 0 Å². The van der Waals surface area contributed by atoms with Gasteiger partial charge < -0.3 is 9.64 Å². The maximum atomic E-state index is 11.0. The molecule has 0 spiro atoms. The molecule has 1 N–H and O–H groups in total. The quantitative estimate of drug-likeness (QED) is 0.875. The second-order valence-corrected chi connectivity index (χ2v) is 4.69. The highest BCUT2D eigenvalue weighted by Crippen LogP contribution is 2.22. The summed E-state index contributed by atoms with van der Waals surface area (Å²) < 4.78 is 4.51. The molecule has 0 aromatic carbocycles. The average Bonchev–Trinajstić information content (AvgIpc) is 2.40. The van der Waals surface area contributed by atoms with Crippen LogP contribution >= 0.6 is 0 Å². The van der Waals surface area contributed by atoms with E-state index in [0.717, 1.165) is 24.7 Å². The van der Waals surface area contributed by atoms with Crippen molar-refractivity contribution in [2.24, 2.45) is 5.92 Å². The number of hydrogen-bond acceptors (Lipinski definition) is 4. The van der Waals surface area contributed by atoms with E-state index < -0.39 is 6.09 Å². The highest BCUT2D eigenvalue weighted by atomic mass is 16.5. The molecule has 2 heterocycles. The van der Waals surface area contributed by atoms with Crippen molar-refractivity contribution in [1.29, 1.82) is 0 Å². The van der Waals surface area contributed by atoms with Crippen molar-refractivity contribution in [2.75, 3.05) is 30.4 Å². The molecule has 5 nitrogen and oxygen atoms in total. The topological polar surface area (TPSA) is 54.5 Å². The minimum atomic E-state index is -0.498. The molecule has 2 rings (SSSR count). The molecule has 5 heteroatoms.